The second-order valence-corrected chi connectivity index (χ2v) is 4.11. The van der Waals surface area contributed by atoms with Crippen LogP contribution in [0.3, 0.4) is 0 Å². The Kier molecular flexibility index (Phi) is 3.15. The molecule has 0 atom stereocenters. The predicted molar refractivity (Wildman–Crippen MR) is 55.4 cm³/mol. The fourth-order valence-corrected chi connectivity index (χ4v) is 1.76. The summed E-state index contributed by atoms with van der Waals surface area (Å²) in [4.78, 5) is 10.8. The maximum absolute atomic E-state index is 10.8. The first-order valence-electron chi connectivity index (χ1n) is 2.97. The molecule has 1 rings (SSSR count). The van der Waals surface area contributed by atoms with Crippen LogP contribution in [0, 0.1) is 0 Å². The van der Waals surface area contributed by atoms with Gasteiger partial charge in [0.05, 0.1) is 15.1 Å². The summed E-state index contributed by atoms with van der Waals surface area (Å²) < 4.78 is 1.43. The van der Waals surface area contributed by atoms with Crippen molar-refractivity contribution in [3.63, 3.8) is 0 Å². The number of carbonyl (C=O) groups excluding carboxylic acids is 1. The van der Waals surface area contributed by atoms with Crippen LogP contribution in [0.5, 0.6) is 0 Å². The monoisotopic (exact) mass is 311 g/mol. The van der Waals surface area contributed by atoms with E-state index in [0.717, 1.165) is 4.47 Å². The number of nitrogens with two attached hydrogens (primary N) is 1. The van der Waals surface area contributed by atoms with E-state index in [9.17, 15) is 4.79 Å². The zero-order valence-electron chi connectivity index (χ0n) is 5.77. The lowest BCUT2D eigenvalue weighted by molar-refractivity contribution is 0.100. The lowest BCUT2D eigenvalue weighted by Crippen LogP contribution is -2.11. The van der Waals surface area contributed by atoms with E-state index in [1.165, 1.54) is 0 Å². The number of hydrogen-bond donors (Lipinski definition) is 1. The number of amides is 1. The number of carbonyl (C=O) groups is 1. The summed E-state index contributed by atoms with van der Waals surface area (Å²) in [5.74, 6) is -0.534. The maximum atomic E-state index is 10.8. The fraction of sp³-hybridized carbons (Fsp3) is 0. The Hall–Kier alpha value is -0.0600. The van der Waals surface area contributed by atoms with Crippen LogP contribution in [0.2, 0.25) is 5.02 Å². The first kappa shape index (κ1) is 10.0. The van der Waals surface area contributed by atoms with Crippen molar-refractivity contribution >= 4 is 49.4 Å². The minimum Gasteiger partial charge on any atom is -0.366 e. The lowest BCUT2D eigenvalue weighted by Gasteiger charge is -2.02. The van der Waals surface area contributed by atoms with Gasteiger partial charge in [0.2, 0.25) is 5.91 Å². The summed E-state index contributed by atoms with van der Waals surface area (Å²) >= 11 is 12.3. The lowest BCUT2D eigenvalue weighted by atomic mass is 10.2. The number of halogens is 3. The van der Waals surface area contributed by atoms with Crippen LogP contribution in [-0.4, -0.2) is 5.91 Å². The highest BCUT2D eigenvalue weighted by molar-refractivity contribution is 9.13. The second-order valence-electron chi connectivity index (χ2n) is 2.09. The second kappa shape index (κ2) is 3.77. The number of rotatable bonds is 1. The average Bonchev–Trinajstić information content (AvgIpc) is 2.00. The van der Waals surface area contributed by atoms with Crippen molar-refractivity contribution in [3.05, 3.63) is 31.7 Å². The van der Waals surface area contributed by atoms with E-state index in [1.807, 2.05) is 0 Å². The molecule has 0 heterocycles. The minimum absolute atomic E-state index is 0.312. The van der Waals surface area contributed by atoms with Crippen molar-refractivity contribution in [3.8, 4) is 0 Å². The van der Waals surface area contributed by atoms with Crippen LogP contribution in [0.1, 0.15) is 10.4 Å². The normalized spacial score (nSPS) is 9.92. The molecule has 0 aliphatic rings. The molecule has 2 nitrogen and oxygen atoms in total. The highest BCUT2D eigenvalue weighted by Crippen LogP contribution is 2.32. The summed E-state index contributed by atoms with van der Waals surface area (Å²) in [6.07, 6.45) is 0. The van der Waals surface area contributed by atoms with Gasteiger partial charge < -0.3 is 5.73 Å². The van der Waals surface area contributed by atoms with Crippen molar-refractivity contribution in [2.24, 2.45) is 5.73 Å². The third kappa shape index (κ3) is 1.81. The molecule has 0 saturated heterocycles. The molecular weight excluding hydrogens is 309 g/mol. The minimum atomic E-state index is -0.534. The van der Waals surface area contributed by atoms with E-state index in [2.05, 4.69) is 31.9 Å². The van der Waals surface area contributed by atoms with Crippen molar-refractivity contribution in [2.45, 2.75) is 0 Å². The summed E-state index contributed by atoms with van der Waals surface area (Å²) in [6.45, 7) is 0. The molecule has 0 bridgehead atoms. The molecule has 2 N–H and O–H groups in total. The molecule has 0 saturated carbocycles. The highest BCUT2D eigenvalue weighted by Gasteiger charge is 2.11. The molecule has 0 radical (unpaired) electrons. The van der Waals surface area contributed by atoms with E-state index >= 15 is 0 Å². The molecular formula is C7H4Br2ClNO. The van der Waals surface area contributed by atoms with Gasteiger partial charge in [0.25, 0.3) is 0 Å². The molecule has 64 valence electrons. The van der Waals surface area contributed by atoms with Crippen LogP contribution in [0.15, 0.2) is 21.1 Å². The van der Waals surface area contributed by atoms with Crippen LogP contribution >= 0.6 is 43.5 Å². The van der Waals surface area contributed by atoms with Gasteiger partial charge in [-0.2, -0.15) is 0 Å². The van der Waals surface area contributed by atoms with Gasteiger partial charge in [-0.1, -0.05) is 11.6 Å². The number of primary amides is 1. The Morgan fingerprint density at radius 3 is 2.50 bits per heavy atom. The zero-order chi connectivity index (χ0) is 9.30. The van der Waals surface area contributed by atoms with Gasteiger partial charge in [0.1, 0.15) is 0 Å². The van der Waals surface area contributed by atoms with Gasteiger partial charge in [-0.15, -0.1) is 0 Å². The summed E-state index contributed by atoms with van der Waals surface area (Å²) in [6, 6.07) is 3.27. The zero-order valence-corrected chi connectivity index (χ0v) is 9.70. The van der Waals surface area contributed by atoms with Gasteiger partial charge in [-0.05, 0) is 44.0 Å². The molecule has 1 aromatic carbocycles. The molecule has 1 amide bonds. The Labute approximate surface area is 91.3 Å². The largest absolute Gasteiger partial charge is 0.366 e. The summed E-state index contributed by atoms with van der Waals surface area (Å²) in [5.41, 5.74) is 5.39. The molecule has 12 heavy (non-hydrogen) atoms. The Morgan fingerprint density at radius 2 is 2.00 bits per heavy atom. The molecule has 0 fully saturated rings. The Morgan fingerprint density at radius 1 is 1.42 bits per heavy atom. The van der Waals surface area contributed by atoms with Crippen LogP contribution in [-0.2, 0) is 0 Å². The number of hydrogen-bond acceptors (Lipinski definition) is 1. The van der Waals surface area contributed by atoms with E-state index in [1.54, 1.807) is 12.1 Å². The van der Waals surface area contributed by atoms with Gasteiger partial charge in [-0.25, -0.2) is 0 Å². The van der Waals surface area contributed by atoms with Crippen molar-refractivity contribution < 1.29 is 4.79 Å². The van der Waals surface area contributed by atoms with E-state index in [4.69, 9.17) is 17.3 Å². The van der Waals surface area contributed by atoms with E-state index < -0.39 is 5.91 Å². The molecule has 1 aromatic rings. The average molecular weight is 313 g/mol. The Bertz CT molecular complexity index is 340. The summed E-state index contributed by atoms with van der Waals surface area (Å²) in [5, 5.41) is 0.330. The first-order valence-corrected chi connectivity index (χ1v) is 4.93. The summed E-state index contributed by atoms with van der Waals surface area (Å²) in [7, 11) is 0. The molecule has 5 heteroatoms. The molecule has 0 unspecified atom stereocenters. The van der Waals surface area contributed by atoms with Crippen LogP contribution in [0.4, 0.5) is 0 Å². The maximum Gasteiger partial charge on any atom is 0.250 e. The van der Waals surface area contributed by atoms with Crippen molar-refractivity contribution in [2.75, 3.05) is 0 Å². The Balaban J connectivity index is 3.36. The van der Waals surface area contributed by atoms with Gasteiger partial charge in [0.15, 0.2) is 0 Å². The molecule has 0 spiro atoms. The van der Waals surface area contributed by atoms with Crippen molar-refractivity contribution in [1.29, 1.82) is 0 Å². The fourth-order valence-electron chi connectivity index (χ4n) is 0.716. The van der Waals surface area contributed by atoms with Crippen molar-refractivity contribution in [1.82, 2.24) is 0 Å². The van der Waals surface area contributed by atoms with E-state index in [-0.39, 0.29) is 0 Å². The standard InChI is InChI=1S/C7H4Br2ClNO/c8-4-2-1-3(7(11)12)6(10)5(4)9/h1-2H,(H2,11,12). The van der Waals surface area contributed by atoms with Crippen LogP contribution in [0.25, 0.3) is 0 Å². The van der Waals surface area contributed by atoms with Gasteiger partial charge in [-0.3, -0.25) is 4.79 Å². The highest BCUT2D eigenvalue weighted by atomic mass is 79.9. The molecule has 0 aliphatic carbocycles. The van der Waals surface area contributed by atoms with Crippen LogP contribution < -0.4 is 5.73 Å². The molecule has 0 aromatic heterocycles. The predicted octanol–water partition coefficient (Wildman–Crippen LogP) is 2.96. The topological polar surface area (TPSA) is 43.1 Å². The van der Waals surface area contributed by atoms with E-state index in [0.29, 0.717) is 15.1 Å². The van der Waals surface area contributed by atoms with Gasteiger partial charge in [0, 0.05) is 4.47 Å². The quantitative estimate of drug-likeness (QED) is 0.796. The SMILES string of the molecule is NC(=O)c1ccc(Br)c(Br)c1Cl. The third-order valence-corrected chi connectivity index (χ3v) is 3.94. The number of benzene rings is 1. The smallest absolute Gasteiger partial charge is 0.250 e. The van der Waals surface area contributed by atoms with Gasteiger partial charge >= 0.3 is 0 Å². The third-order valence-electron chi connectivity index (χ3n) is 1.30. The first-order chi connectivity index (χ1) is 5.54. The molecule has 0 aliphatic heterocycles.